The van der Waals surface area contributed by atoms with Gasteiger partial charge in [-0.2, -0.15) is 0 Å². The highest BCUT2D eigenvalue weighted by Gasteiger charge is 2.20. The lowest BCUT2D eigenvalue weighted by Crippen LogP contribution is -2.15. The van der Waals surface area contributed by atoms with Crippen LogP contribution in [0.1, 0.15) is 90.9 Å². The lowest BCUT2D eigenvalue weighted by atomic mass is 9.78. The molecule has 1 saturated carbocycles. The third kappa shape index (κ3) is 8.47. The molecule has 1 aromatic rings. The minimum absolute atomic E-state index is 0.710. The lowest BCUT2D eigenvalue weighted by molar-refractivity contribution is 0.228. The van der Waals surface area contributed by atoms with Crippen LogP contribution in [0.3, 0.4) is 0 Å². The topological polar surface area (TPSA) is 18.5 Å². The molecule has 26 heavy (non-hydrogen) atoms. The minimum Gasteiger partial charge on any atom is -0.494 e. The molecule has 0 atom stereocenters. The standard InChI is InChI=1S/C24H40O2/c1-3-5-6-7-8-10-21-12-14-22(15-13-21)11-9-20-26-24-18-16-23(17-19-24)25-4-2/h16-19,21-22H,3-15,20H2,1-2H3/t21-,22-. The van der Waals surface area contributed by atoms with Gasteiger partial charge < -0.3 is 9.47 Å². The molecule has 1 fully saturated rings. The van der Waals surface area contributed by atoms with Crippen molar-refractivity contribution in [3.8, 4) is 11.5 Å². The van der Waals surface area contributed by atoms with Gasteiger partial charge in [0.2, 0.25) is 0 Å². The summed E-state index contributed by atoms with van der Waals surface area (Å²) in [6.07, 6.45) is 17.0. The lowest BCUT2D eigenvalue weighted by Gasteiger charge is -2.28. The molecule has 0 saturated heterocycles. The van der Waals surface area contributed by atoms with Gasteiger partial charge in [0.15, 0.2) is 0 Å². The van der Waals surface area contributed by atoms with Crippen LogP contribution in [0.2, 0.25) is 0 Å². The summed E-state index contributed by atoms with van der Waals surface area (Å²) < 4.78 is 11.3. The van der Waals surface area contributed by atoms with E-state index in [9.17, 15) is 0 Å². The second kappa shape index (κ2) is 13.1. The molecular formula is C24H40O2. The number of benzene rings is 1. The van der Waals surface area contributed by atoms with Gasteiger partial charge in [-0.15, -0.1) is 0 Å². The first-order chi connectivity index (χ1) is 12.8. The maximum Gasteiger partial charge on any atom is 0.119 e. The summed E-state index contributed by atoms with van der Waals surface area (Å²) in [5.74, 6) is 3.84. The zero-order valence-electron chi connectivity index (χ0n) is 17.2. The highest BCUT2D eigenvalue weighted by molar-refractivity contribution is 5.31. The van der Waals surface area contributed by atoms with Crippen molar-refractivity contribution in [1.82, 2.24) is 0 Å². The van der Waals surface area contributed by atoms with E-state index in [1.54, 1.807) is 0 Å². The summed E-state index contributed by atoms with van der Waals surface area (Å²) in [7, 11) is 0. The number of hydrogen-bond acceptors (Lipinski definition) is 2. The Kier molecular flexibility index (Phi) is 10.6. The van der Waals surface area contributed by atoms with Gasteiger partial charge in [0.25, 0.3) is 0 Å². The van der Waals surface area contributed by atoms with Crippen molar-refractivity contribution in [3.63, 3.8) is 0 Å². The molecule has 0 spiro atoms. The van der Waals surface area contributed by atoms with Crippen LogP contribution < -0.4 is 9.47 Å². The van der Waals surface area contributed by atoms with Crippen molar-refractivity contribution in [2.75, 3.05) is 13.2 Å². The van der Waals surface area contributed by atoms with Crippen molar-refractivity contribution in [2.45, 2.75) is 90.9 Å². The Labute approximate surface area is 161 Å². The Balaban J connectivity index is 1.49. The predicted molar refractivity (Wildman–Crippen MR) is 111 cm³/mol. The summed E-state index contributed by atoms with van der Waals surface area (Å²) >= 11 is 0. The van der Waals surface area contributed by atoms with Crippen molar-refractivity contribution >= 4 is 0 Å². The molecule has 1 aliphatic rings. The number of unbranched alkanes of at least 4 members (excludes halogenated alkanes) is 4. The molecule has 2 nitrogen and oxygen atoms in total. The molecule has 1 aliphatic carbocycles. The fourth-order valence-corrected chi connectivity index (χ4v) is 4.21. The average Bonchev–Trinajstić information content (AvgIpc) is 2.68. The highest BCUT2D eigenvalue weighted by Crippen LogP contribution is 2.34. The summed E-state index contributed by atoms with van der Waals surface area (Å²) in [4.78, 5) is 0. The van der Waals surface area contributed by atoms with Gasteiger partial charge in [0.1, 0.15) is 11.5 Å². The Hall–Kier alpha value is -1.18. The molecule has 148 valence electrons. The zero-order valence-corrected chi connectivity index (χ0v) is 17.2. The van der Waals surface area contributed by atoms with E-state index in [-0.39, 0.29) is 0 Å². The maximum absolute atomic E-state index is 5.88. The molecule has 0 unspecified atom stereocenters. The molecule has 0 aliphatic heterocycles. The van der Waals surface area contributed by atoms with Gasteiger partial charge in [-0.25, -0.2) is 0 Å². The molecule has 0 radical (unpaired) electrons. The molecule has 2 rings (SSSR count). The van der Waals surface area contributed by atoms with Crippen molar-refractivity contribution in [1.29, 1.82) is 0 Å². The third-order valence-corrected chi connectivity index (χ3v) is 5.84. The third-order valence-electron chi connectivity index (χ3n) is 5.84. The molecule has 0 bridgehead atoms. The SMILES string of the molecule is CCCCCCC[C@H]1CC[C@H](CCCOc2ccc(OCC)cc2)CC1. The second-order valence-electron chi connectivity index (χ2n) is 7.98. The highest BCUT2D eigenvalue weighted by atomic mass is 16.5. The van der Waals surface area contributed by atoms with Gasteiger partial charge in [-0.05, 0) is 55.9 Å². The molecule has 0 aromatic heterocycles. The van der Waals surface area contributed by atoms with E-state index in [4.69, 9.17) is 9.47 Å². The summed E-state index contributed by atoms with van der Waals surface area (Å²) in [6.45, 7) is 5.85. The quantitative estimate of drug-likeness (QED) is 0.341. The molecule has 0 N–H and O–H groups in total. The van der Waals surface area contributed by atoms with E-state index in [1.165, 1.54) is 77.0 Å². The van der Waals surface area contributed by atoms with Crippen molar-refractivity contribution in [2.24, 2.45) is 11.8 Å². The average molecular weight is 361 g/mol. The first kappa shape index (κ1) is 21.1. The van der Waals surface area contributed by atoms with Gasteiger partial charge in [0.05, 0.1) is 13.2 Å². The Morgan fingerprint density at radius 2 is 1.23 bits per heavy atom. The fraction of sp³-hybridized carbons (Fsp3) is 0.750. The first-order valence-electron chi connectivity index (χ1n) is 11.2. The predicted octanol–water partition coefficient (Wildman–Crippen LogP) is 7.41. The molecule has 2 heteroatoms. The van der Waals surface area contributed by atoms with Crippen LogP contribution >= 0.6 is 0 Å². The molecule has 1 aromatic carbocycles. The van der Waals surface area contributed by atoms with E-state index in [0.29, 0.717) is 6.61 Å². The van der Waals surface area contributed by atoms with Crippen LogP contribution in [0.15, 0.2) is 24.3 Å². The van der Waals surface area contributed by atoms with Crippen LogP contribution in [0.25, 0.3) is 0 Å². The van der Waals surface area contributed by atoms with E-state index >= 15 is 0 Å². The second-order valence-corrected chi connectivity index (χ2v) is 7.98. The minimum atomic E-state index is 0.710. The molecule has 0 amide bonds. The van der Waals surface area contributed by atoms with E-state index in [2.05, 4.69) is 6.92 Å². The Morgan fingerprint density at radius 1 is 0.692 bits per heavy atom. The number of hydrogen-bond donors (Lipinski definition) is 0. The summed E-state index contributed by atoms with van der Waals surface area (Å²) in [5, 5.41) is 0. The van der Waals surface area contributed by atoms with Gasteiger partial charge in [-0.3, -0.25) is 0 Å². The Bertz CT molecular complexity index is 446. The smallest absolute Gasteiger partial charge is 0.119 e. The van der Waals surface area contributed by atoms with E-state index < -0.39 is 0 Å². The largest absolute Gasteiger partial charge is 0.494 e. The van der Waals surface area contributed by atoms with Crippen molar-refractivity contribution < 1.29 is 9.47 Å². The van der Waals surface area contributed by atoms with Crippen LogP contribution in [0.5, 0.6) is 11.5 Å². The zero-order chi connectivity index (χ0) is 18.5. The van der Waals surface area contributed by atoms with E-state index in [1.807, 2.05) is 31.2 Å². The summed E-state index contributed by atoms with van der Waals surface area (Å²) in [5.41, 5.74) is 0. The monoisotopic (exact) mass is 360 g/mol. The van der Waals surface area contributed by atoms with Crippen LogP contribution in [0, 0.1) is 11.8 Å². The maximum atomic E-state index is 5.88. The van der Waals surface area contributed by atoms with E-state index in [0.717, 1.165) is 29.9 Å². The number of rotatable bonds is 13. The van der Waals surface area contributed by atoms with Gasteiger partial charge in [-0.1, -0.05) is 71.1 Å². The molecule has 0 heterocycles. The van der Waals surface area contributed by atoms with Crippen LogP contribution in [0.4, 0.5) is 0 Å². The first-order valence-corrected chi connectivity index (χ1v) is 11.2. The van der Waals surface area contributed by atoms with Crippen molar-refractivity contribution in [3.05, 3.63) is 24.3 Å². The molecular weight excluding hydrogens is 320 g/mol. The van der Waals surface area contributed by atoms with Crippen LogP contribution in [-0.4, -0.2) is 13.2 Å². The summed E-state index contributed by atoms with van der Waals surface area (Å²) in [6, 6.07) is 8.00. The van der Waals surface area contributed by atoms with Crippen LogP contribution in [-0.2, 0) is 0 Å². The number of ether oxygens (including phenoxy) is 2. The fourth-order valence-electron chi connectivity index (χ4n) is 4.21. The van der Waals surface area contributed by atoms with Gasteiger partial charge >= 0.3 is 0 Å². The van der Waals surface area contributed by atoms with Gasteiger partial charge in [0, 0.05) is 0 Å². The normalized spacial score (nSPS) is 20.1. The Morgan fingerprint density at radius 3 is 1.81 bits per heavy atom.